The molecule has 0 aliphatic carbocycles. The van der Waals surface area contributed by atoms with Gasteiger partial charge in [-0.05, 0) is 42.5 Å². The van der Waals surface area contributed by atoms with Gasteiger partial charge in [0, 0.05) is 37.3 Å². The lowest BCUT2D eigenvalue weighted by Gasteiger charge is -2.31. The van der Waals surface area contributed by atoms with Gasteiger partial charge in [-0.25, -0.2) is 4.39 Å². The number of amides is 1. The fraction of sp³-hybridized carbons (Fsp3) is 0.360. The highest BCUT2D eigenvalue weighted by Crippen LogP contribution is 2.43. The van der Waals surface area contributed by atoms with Crippen molar-refractivity contribution in [2.24, 2.45) is 0 Å². The minimum Gasteiger partial charge on any atom is -0.507 e. The van der Waals surface area contributed by atoms with Crippen molar-refractivity contribution in [1.82, 2.24) is 9.80 Å². The van der Waals surface area contributed by atoms with Crippen LogP contribution in [0.1, 0.15) is 17.2 Å². The quantitative estimate of drug-likeness (QED) is 0.378. The van der Waals surface area contributed by atoms with E-state index in [1.807, 2.05) is 0 Å². The van der Waals surface area contributed by atoms with Gasteiger partial charge in [0.05, 0.1) is 39.0 Å². The third-order valence-electron chi connectivity index (χ3n) is 6.15. The predicted molar refractivity (Wildman–Crippen MR) is 122 cm³/mol. The second kappa shape index (κ2) is 10.2. The van der Waals surface area contributed by atoms with Gasteiger partial charge in [-0.2, -0.15) is 0 Å². The molecule has 0 unspecified atom stereocenters. The lowest BCUT2D eigenvalue weighted by molar-refractivity contribution is -0.140. The van der Waals surface area contributed by atoms with Crippen molar-refractivity contribution in [3.63, 3.8) is 0 Å². The largest absolute Gasteiger partial charge is 0.507 e. The third-order valence-corrected chi connectivity index (χ3v) is 6.15. The Morgan fingerprint density at radius 2 is 1.76 bits per heavy atom. The van der Waals surface area contributed by atoms with E-state index in [0.717, 1.165) is 13.1 Å². The highest BCUT2D eigenvalue weighted by atomic mass is 19.1. The molecule has 2 aliphatic heterocycles. The number of nitrogens with zero attached hydrogens (tertiary/aromatic N) is 2. The first-order valence-corrected chi connectivity index (χ1v) is 11.0. The summed E-state index contributed by atoms with van der Waals surface area (Å²) < 4.78 is 29.7. The summed E-state index contributed by atoms with van der Waals surface area (Å²) in [4.78, 5) is 30.0. The van der Waals surface area contributed by atoms with Crippen molar-refractivity contribution in [2.45, 2.75) is 6.04 Å². The monoisotopic (exact) mass is 470 g/mol. The van der Waals surface area contributed by atoms with Gasteiger partial charge < -0.3 is 24.2 Å². The van der Waals surface area contributed by atoms with Crippen molar-refractivity contribution in [2.75, 3.05) is 53.6 Å². The first-order chi connectivity index (χ1) is 16.4. The molecule has 4 rings (SSSR count). The van der Waals surface area contributed by atoms with Crippen LogP contribution in [0.15, 0.2) is 48.0 Å². The number of hydrogen-bond acceptors (Lipinski definition) is 7. The lowest BCUT2D eigenvalue weighted by Crippen LogP contribution is -2.42. The van der Waals surface area contributed by atoms with E-state index in [1.165, 1.54) is 43.4 Å². The summed E-state index contributed by atoms with van der Waals surface area (Å²) in [6, 6.07) is 9.29. The van der Waals surface area contributed by atoms with E-state index in [9.17, 15) is 19.1 Å². The van der Waals surface area contributed by atoms with Crippen LogP contribution in [0.25, 0.3) is 5.76 Å². The van der Waals surface area contributed by atoms with E-state index in [1.54, 1.807) is 18.2 Å². The fourth-order valence-corrected chi connectivity index (χ4v) is 4.32. The second-order valence-electron chi connectivity index (χ2n) is 8.06. The van der Waals surface area contributed by atoms with E-state index in [-0.39, 0.29) is 23.4 Å². The molecule has 0 radical (unpaired) electrons. The Balaban J connectivity index is 1.81. The fourth-order valence-electron chi connectivity index (χ4n) is 4.32. The van der Waals surface area contributed by atoms with Crippen molar-refractivity contribution >= 4 is 17.4 Å². The summed E-state index contributed by atoms with van der Waals surface area (Å²) in [5.41, 5.74) is 0.663. The number of aliphatic hydroxyl groups is 1. The van der Waals surface area contributed by atoms with Crippen molar-refractivity contribution in [3.05, 3.63) is 65.0 Å². The molecule has 2 aromatic rings. The number of carbonyl (C=O) groups is 2. The number of aliphatic hydroxyl groups excluding tert-OH is 1. The van der Waals surface area contributed by atoms with E-state index in [4.69, 9.17) is 14.2 Å². The first kappa shape index (κ1) is 23.7. The van der Waals surface area contributed by atoms with Crippen LogP contribution < -0.4 is 9.47 Å². The first-order valence-electron chi connectivity index (χ1n) is 11.0. The molecule has 1 N–H and O–H groups in total. The molecule has 0 aromatic heterocycles. The van der Waals surface area contributed by atoms with Gasteiger partial charge in [0.1, 0.15) is 23.1 Å². The highest BCUT2D eigenvalue weighted by Gasteiger charge is 2.47. The Morgan fingerprint density at radius 3 is 2.41 bits per heavy atom. The number of benzene rings is 2. The summed E-state index contributed by atoms with van der Waals surface area (Å²) in [5, 5.41) is 11.1. The van der Waals surface area contributed by atoms with Gasteiger partial charge in [-0.3, -0.25) is 14.5 Å². The molecule has 2 aromatic carbocycles. The molecule has 1 atom stereocenters. The molecular formula is C25H27FN2O6. The SMILES string of the molecule is COc1ccc(OC)c([C@H]2C(=C(O)c3ccc(F)cc3)C(=O)C(=O)N2CCN2CCOCC2)c1. The molecule has 0 spiro atoms. The van der Waals surface area contributed by atoms with E-state index < -0.39 is 23.5 Å². The Kier molecular flexibility index (Phi) is 7.14. The molecule has 0 saturated carbocycles. The third kappa shape index (κ3) is 4.62. The van der Waals surface area contributed by atoms with Crippen molar-refractivity contribution in [1.29, 1.82) is 0 Å². The van der Waals surface area contributed by atoms with E-state index in [0.29, 0.717) is 36.8 Å². The average Bonchev–Trinajstić information content (AvgIpc) is 3.12. The standard InChI is InChI=1S/C25H27FN2O6/c1-32-18-7-8-20(33-2)19(15-18)22-21(23(29)16-3-5-17(26)6-4-16)24(30)25(31)28(22)10-9-27-11-13-34-14-12-27/h3-8,15,22,29H,9-14H2,1-2H3/t22-/m0/s1. The molecule has 8 nitrogen and oxygen atoms in total. The van der Waals surface area contributed by atoms with Crippen LogP contribution in [-0.4, -0.2) is 80.2 Å². The van der Waals surface area contributed by atoms with Crippen molar-refractivity contribution < 1.29 is 33.3 Å². The van der Waals surface area contributed by atoms with Crippen LogP contribution in [-0.2, 0) is 14.3 Å². The number of methoxy groups -OCH3 is 2. The summed E-state index contributed by atoms with van der Waals surface area (Å²) in [5.74, 6) is -1.42. The van der Waals surface area contributed by atoms with Crippen LogP contribution in [0.2, 0.25) is 0 Å². The summed E-state index contributed by atoms with van der Waals surface area (Å²) in [6.45, 7) is 3.47. The summed E-state index contributed by atoms with van der Waals surface area (Å²) in [6.07, 6.45) is 0. The van der Waals surface area contributed by atoms with E-state index >= 15 is 0 Å². The summed E-state index contributed by atoms with van der Waals surface area (Å²) in [7, 11) is 3.00. The topological polar surface area (TPSA) is 88.5 Å². The number of morpholine rings is 1. The molecule has 34 heavy (non-hydrogen) atoms. The predicted octanol–water partition coefficient (Wildman–Crippen LogP) is 2.60. The maximum Gasteiger partial charge on any atom is 0.295 e. The number of likely N-dealkylation sites (tertiary alicyclic amines) is 1. The smallest absolute Gasteiger partial charge is 0.295 e. The lowest BCUT2D eigenvalue weighted by atomic mass is 9.94. The van der Waals surface area contributed by atoms with Crippen LogP contribution >= 0.6 is 0 Å². The zero-order chi connectivity index (χ0) is 24.2. The summed E-state index contributed by atoms with van der Waals surface area (Å²) >= 11 is 0. The minimum absolute atomic E-state index is 0.0786. The number of carbonyl (C=O) groups excluding carboxylic acids is 2. The average molecular weight is 470 g/mol. The Labute approximate surface area is 197 Å². The van der Waals surface area contributed by atoms with Gasteiger partial charge in [-0.15, -0.1) is 0 Å². The van der Waals surface area contributed by atoms with Gasteiger partial charge >= 0.3 is 0 Å². The van der Waals surface area contributed by atoms with E-state index in [2.05, 4.69) is 4.90 Å². The molecule has 0 bridgehead atoms. The van der Waals surface area contributed by atoms with Gasteiger partial charge in [0.2, 0.25) is 0 Å². The number of hydrogen-bond donors (Lipinski definition) is 1. The maximum atomic E-state index is 13.5. The molecule has 180 valence electrons. The second-order valence-corrected chi connectivity index (χ2v) is 8.06. The molecular weight excluding hydrogens is 443 g/mol. The van der Waals surface area contributed by atoms with Gasteiger partial charge in [0.25, 0.3) is 11.7 Å². The van der Waals surface area contributed by atoms with Crippen LogP contribution in [0.5, 0.6) is 11.5 Å². The molecule has 2 heterocycles. The minimum atomic E-state index is -0.906. The Bertz CT molecular complexity index is 1100. The number of halogens is 1. The van der Waals surface area contributed by atoms with Crippen LogP contribution in [0.3, 0.4) is 0 Å². The van der Waals surface area contributed by atoms with Gasteiger partial charge in [0.15, 0.2) is 0 Å². The molecule has 2 fully saturated rings. The number of ketones is 1. The Morgan fingerprint density at radius 1 is 1.06 bits per heavy atom. The maximum absolute atomic E-state index is 13.5. The molecule has 9 heteroatoms. The zero-order valence-electron chi connectivity index (χ0n) is 19.1. The normalized spacial score (nSPS) is 20.6. The highest BCUT2D eigenvalue weighted by molar-refractivity contribution is 6.46. The number of rotatable bonds is 7. The molecule has 2 aliphatic rings. The number of ether oxygens (including phenoxy) is 3. The number of Topliss-reactive ketones (excluding diaryl/α,β-unsaturated/α-hetero) is 1. The molecule has 2 saturated heterocycles. The van der Waals surface area contributed by atoms with Crippen LogP contribution in [0.4, 0.5) is 4.39 Å². The van der Waals surface area contributed by atoms with Crippen molar-refractivity contribution in [3.8, 4) is 11.5 Å². The Hall–Kier alpha value is -3.43. The van der Waals surface area contributed by atoms with Gasteiger partial charge in [-0.1, -0.05) is 0 Å². The van der Waals surface area contributed by atoms with Crippen LogP contribution in [0, 0.1) is 5.82 Å². The zero-order valence-corrected chi connectivity index (χ0v) is 19.1. The molecule has 1 amide bonds.